The molecule has 3 fully saturated rings. The van der Waals surface area contributed by atoms with Gasteiger partial charge in [0.15, 0.2) is 0 Å². The zero-order valence-corrected chi connectivity index (χ0v) is 7.97. The minimum Gasteiger partial charge on any atom is -0.0528 e. The fourth-order valence-electron chi connectivity index (χ4n) is 4.25. The molecule has 0 aromatic rings. The van der Waals surface area contributed by atoms with Gasteiger partial charge < -0.3 is 0 Å². The molecule has 0 aliphatic heterocycles. The number of rotatable bonds is 0. The van der Waals surface area contributed by atoms with E-state index in [1.54, 1.807) is 51.4 Å². The van der Waals surface area contributed by atoms with Gasteiger partial charge in [0.2, 0.25) is 0 Å². The van der Waals surface area contributed by atoms with Crippen molar-refractivity contribution in [3.05, 3.63) is 0 Å². The molecule has 4 unspecified atom stereocenters. The van der Waals surface area contributed by atoms with Gasteiger partial charge in [0.1, 0.15) is 0 Å². The Balaban J connectivity index is 1.75. The van der Waals surface area contributed by atoms with E-state index in [1.165, 1.54) is 23.7 Å². The maximum Gasteiger partial charge on any atom is -0.0383 e. The van der Waals surface area contributed by atoms with Crippen molar-refractivity contribution in [1.29, 1.82) is 0 Å². The monoisotopic (exact) mass is 164 g/mol. The van der Waals surface area contributed by atoms with Gasteiger partial charge in [-0.05, 0) is 36.5 Å². The maximum absolute atomic E-state index is 1.62. The van der Waals surface area contributed by atoms with E-state index in [0.29, 0.717) is 0 Å². The summed E-state index contributed by atoms with van der Waals surface area (Å²) in [4.78, 5) is 0. The third kappa shape index (κ3) is 1.03. The summed E-state index contributed by atoms with van der Waals surface area (Å²) in [6, 6.07) is 0. The Morgan fingerprint density at radius 3 is 1.17 bits per heavy atom. The van der Waals surface area contributed by atoms with Crippen molar-refractivity contribution in [1.82, 2.24) is 0 Å². The molecule has 0 spiro atoms. The van der Waals surface area contributed by atoms with E-state index in [4.69, 9.17) is 0 Å². The molecule has 3 rings (SSSR count). The predicted octanol–water partition coefficient (Wildman–Crippen LogP) is 3.61. The second kappa shape index (κ2) is 2.75. The van der Waals surface area contributed by atoms with Gasteiger partial charge in [0, 0.05) is 0 Å². The summed E-state index contributed by atoms with van der Waals surface area (Å²) in [5.74, 6) is 4.68. The normalized spacial score (nSPS) is 52.0. The molecule has 3 saturated carbocycles. The molecule has 0 bridgehead atoms. The van der Waals surface area contributed by atoms with Crippen LogP contribution in [0.3, 0.4) is 0 Å². The lowest BCUT2D eigenvalue weighted by Crippen LogP contribution is -2.25. The van der Waals surface area contributed by atoms with Gasteiger partial charge in [-0.15, -0.1) is 0 Å². The van der Waals surface area contributed by atoms with Crippen LogP contribution in [0.4, 0.5) is 0 Å². The molecule has 3 aliphatic carbocycles. The van der Waals surface area contributed by atoms with Crippen molar-refractivity contribution in [2.24, 2.45) is 23.7 Å². The molecule has 12 heavy (non-hydrogen) atoms. The lowest BCUT2D eigenvalue weighted by Gasteiger charge is -2.34. The van der Waals surface area contributed by atoms with Crippen molar-refractivity contribution in [2.75, 3.05) is 0 Å². The molecule has 4 atom stereocenters. The van der Waals surface area contributed by atoms with E-state index in [1.807, 2.05) is 0 Å². The van der Waals surface area contributed by atoms with Crippen molar-refractivity contribution < 1.29 is 0 Å². The highest BCUT2D eigenvalue weighted by Crippen LogP contribution is 2.51. The molecule has 0 N–H and O–H groups in total. The Hall–Kier alpha value is 0. The molecular weight excluding hydrogens is 144 g/mol. The maximum atomic E-state index is 1.62. The van der Waals surface area contributed by atoms with Gasteiger partial charge in [-0.1, -0.05) is 38.5 Å². The molecule has 3 aliphatic rings. The van der Waals surface area contributed by atoms with Gasteiger partial charge in [-0.25, -0.2) is 0 Å². The van der Waals surface area contributed by atoms with E-state index in [9.17, 15) is 0 Å². The Morgan fingerprint density at radius 2 is 0.833 bits per heavy atom. The summed E-state index contributed by atoms with van der Waals surface area (Å²) >= 11 is 0. The third-order valence-corrected chi connectivity index (χ3v) is 4.84. The second-order valence-electron chi connectivity index (χ2n) is 5.37. The molecule has 0 saturated heterocycles. The van der Waals surface area contributed by atoms with Crippen LogP contribution in [-0.4, -0.2) is 0 Å². The summed E-state index contributed by atoms with van der Waals surface area (Å²) < 4.78 is 0. The summed E-state index contributed by atoms with van der Waals surface area (Å²) in [6.45, 7) is 0. The highest BCUT2D eigenvalue weighted by Gasteiger charge is 2.40. The van der Waals surface area contributed by atoms with Crippen LogP contribution in [0.1, 0.15) is 51.4 Å². The molecule has 0 aromatic carbocycles. The fraction of sp³-hybridized carbons (Fsp3) is 1.00. The molecular formula is C12H20. The highest BCUT2D eigenvalue weighted by molar-refractivity contribution is 4.91. The van der Waals surface area contributed by atoms with E-state index in [2.05, 4.69) is 0 Å². The first-order chi connectivity index (χ1) is 5.93. The van der Waals surface area contributed by atoms with E-state index >= 15 is 0 Å². The van der Waals surface area contributed by atoms with Crippen LogP contribution in [0, 0.1) is 23.7 Å². The molecule has 0 heteroatoms. The fourth-order valence-corrected chi connectivity index (χ4v) is 4.25. The van der Waals surface area contributed by atoms with Crippen molar-refractivity contribution >= 4 is 0 Å². The van der Waals surface area contributed by atoms with Crippen LogP contribution in [0.25, 0.3) is 0 Å². The van der Waals surface area contributed by atoms with Crippen LogP contribution in [0.15, 0.2) is 0 Å². The van der Waals surface area contributed by atoms with Crippen molar-refractivity contribution in [3.8, 4) is 0 Å². The summed E-state index contributed by atoms with van der Waals surface area (Å²) in [5.41, 5.74) is 0. The van der Waals surface area contributed by atoms with Gasteiger partial charge in [-0.2, -0.15) is 0 Å². The predicted molar refractivity (Wildman–Crippen MR) is 50.9 cm³/mol. The van der Waals surface area contributed by atoms with Gasteiger partial charge >= 0.3 is 0 Å². The van der Waals surface area contributed by atoms with Crippen LogP contribution < -0.4 is 0 Å². The Labute approximate surface area is 75.7 Å². The standard InChI is InChI=1S/C12H20/c1-3-9-7-11-5-2-6-12(11)8-10(9)4-1/h9-12H,1-8H2. The average Bonchev–Trinajstić information content (AvgIpc) is 2.64. The number of hydrogen-bond donors (Lipinski definition) is 0. The minimum atomic E-state index is 1.17. The third-order valence-electron chi connectivity index (χ3n) is 4.84. The number of fused-ring (bicyclic) bond motifs is 2. The lowest BCUT2D eigenvalue weighted by atomic mass is 9.71. The zero-order chi connectivity index (χ0) is 7.97. The molecule has 0 aromatic heterocycles. The average molecular weight is 164 g/mol. The molecule has 0 radical (unpaired) electrons. The van der Waals surface area contributed by atoms with Crippen LogP contribution >= 0.6 is 0 Å². The number of hydrogen-bond acceptors (Lipinski definition) is 0. The van der Waals surface area contributed by atoms with E-state index in [-0.39, 0.29) is 0 Å². The van der Waals surface area contributed by atoms with Crippen LogP contribution in [-0.2, 0) is 0 Å². The first-order valence-corrected chi connectivity index (χ1v) is 5.93. The van der Waals surface area contributed by atoms with Gasteiger partial charge in [0.05, 0.1) is 0 Å². The Morgan fingerprint density at radius 1 is 0.500 bits per heavy atom. The topological polar surface area (TPSA) is 0 Å². The second-order valence-corrected chi connectivity index (χ2v) is 5.37. The van der Waals surface area contributed by atoms with Gasteiger partial charge in [0.25, 0.3) is 0 Å². The Bertz CT molecular complexity index is 137. The quantitative estimate of drug-likeness (QED) is 0.513. The van der Waals surface area contributed by atoms with Crippen LogP contribution in [0.5, 0.6) is 0 Å². The molecule has 0 heterocycles. The lowest BCUT2D eigenvalue weighted by molar-refractivity contribution is 0.157. The first-order valence-electron chi connectivity index (χ1n) is 5.93. The molecule has 0 amide bonds. The zero-order valence-electron chi connectivity index (χ0n) is 7.97. The summed E-state index contributed by atoms with van der Waals surface area (Å²) in [7, 11) is 0. The highest BCUT2D eigenvalue weighted by atomic mass is 14.5. The minimum absolute atomic E-state index is 1.17. The SMILES string of the molecule is C1CC2CC3CCCC3CC2C1. The summed E-state index contributed by atoms with van der Waals surface area (Å²) in [6.07, 6.45) is 12.7. The van der Waals surface area contributed by atoms with Gasteiger partial charge in [-0.3, -0.25) is 0 Å². The Kier molecular flexibility index (Phi) is 1.70. The smallest absolute Gasteiger partial charge is 0.0383 e. The van der Waals surface area contributed by atoms with E-state index < -0.39 is 0 Å². The van der Waals surface area contributed by atoms with Crippen molar-refractivity contribution in [3.63, 3.8) is 0 Å². The van der Waals surface area contributed by atoms with E-state index in [0.717, 1.165) is 0 Å². The largest absolute Gasteiger partial charge is 0.0528 e. The molecule has 68 valence electrons. The van der Waals surface area contributed by atoms with Crippen LogP contribution in [0.2, 0.25) is 0 Å². The van der Waals surface area contributed by atoms with Crippen molar-refractivity contribution in [2.45, 2.75) is 51.4 Å². The summed E-state index contributed by atoms with van der Waals surface area (Å²) in [5, 5.41) is 0. The molecule has 0 nitrogen and oxygen atoms in total. The first kappa shape index (κ1) is 7.41.